The molecule has 0 amide bonds. The van der Waals surface area contributed by atoms with Crippen LogP contribution in [0.1, 0.15) is 0 Å². The lowest BCUT2D eigenvalue weighted by molar-refractivity contribution is 0.312. The van der Waals surface area contributed by atoms with Gasteiger partial charge < -0.3 is 34.5 Å². The quantitative estimate of drug-likeness (QED) is 0.449. The Labute approximate surface area is 206 Å². The van der Waals surface area contributed by atoms with Gasteiger partial charge in [0.05, 0.1) is 31.8 Å². The second-order valence-corrected chi connectivity index (χ2v) is 12.1. The number of para-hydroxylation sites is 1. The lowest BCUT2D eigenvalue weighted by Gasteiger charge is -2.34. The Kier molecular flexibility index (Phi) is 7.48. The van der Waals surface area contributed by atoms with Crippen LogP contribution in [0.2, 0.25) is 0 Å². The van der Waals surface area contributed by atoms with Crippen molar-refractivity contribution in [2.45, 2.75) is 0 Å². The van der Waals surface area contributed by atoms with Gasteiger partial charge in [0.1, 0.15) is 12.9 Å². The topological polar surface area (TPSA) is 91.9 Å². The number of rotatable bonds is 8. The van der Waals surface area contributed by atoms with Gasteiger partial charge in [-0.05, 0) is 44.6 Å². The third-order valence-corrected chi connectivity index (χ3v) is 7.56. The number of ether oxygens (including phenoxy) is 2. The molecule has 9 nitrogen and oxygen atoms in total. The summed E-state index contributed by atoms with van der Waals surface area (Å²) < 4.78 is 23.9. The fourth-order valence-electron chi connectivity index (χ4n) is 4.01. The van der Waals surface area contributed by atoms with Crippen LogP contribution in [0.15, 0.2) is 48.7 Å². The van der Waals surface area contributed by atoms with Crippen LogP contribution in [0.4, 0.5) is 28.8 Å². The maximum atomic E-state index is 12.8. The molecule has 35 heavy (non-hydrogen) atoms. The minimum atomic E-state index is -2.50. The summed E-state index contributed by atoms with van der Waals surface area (Å²) in [6.45, 7) is 7.52. The van der Waals surface area contributed by atoms with Crippen LogP contribution in [0.5, 0.6) is 11.5 Å². The van der Waals surface area contributed by atoms with Crippen LogP contribution in [-0.4, -0.2) is 75.6 Å². The SMILES string of the molecule is COc1cc(N2CCN(C)CC2)ccc1Nc1ncc(OC)c(Nc2ccccc2P(C)(C)=O)n1. The van der Waals surface area contributed by atoms with Gasteiger partial charge in [-0.25, -0.2) is 4.98 Å². The number of nitrogens with one attached hydrogen (secondary N) is 2. The number of benzene rings is 2. The highest BCUT2D eigenvalue weighted by Crippen LogP contribution is 2.39. The maximum absolute atomic E-state index is 12.8. The molecule has 10 heteroatoms. The summed E-state index contributed by atoms with van der Waals surface area (Å²) in [7, 11) is 2.86. The van der Waals surface area contributed by atoms with Crippen molar-refractivity contribution in [3.8, 4) is 11.5 Å². The molecule has 1 aliphatic rings. The fourth-order valence-corrected chi connectivity index (χ4v) is 5.17. The van der Waals surface area contributed by atoms with E-state index in [1.807, 2.05) is 36.4 Å². The molecule has 0 saturated carbocycles. The van der Waals surface area contributed by atoms with E-state index < -0.39 is 7.14 Å². The van der Waals surface area contributed by atoms with Gasteiger partial charge in [-0.1, -0.05) is 12.1 Å². The smallest absolute Gasteiger partial charge is 0.229 e. The van der Waals surface area contributed by atoms with Crippen LogP contribution in [0, 0.1) is 0 Å². The average molecular weight is 497 g/mol. The minimum absolute atomic E-state index is 0.382. The molecule has 0 atom stereocenters. The molecule has 2 N–H and O–H groups in total. The van der Waals surface area contributed by atoms with Crippen LogP contribution >= 0.6 is 7.14 Å². The van der Waals surface area contributed by atoms with Crippen LogP contribution < -0.4 is 30.3 Å². The van der Waals surface area contributed by atoms with E-state index in [9.17, 15) is 4.57 Å². The zero-order valence-electron chi connectivity index (χ0n) is 20.9. The van der Waals surface area contributed by atoms with Crippen LogP contribution in [-0.2, 0) is 4.57 Å². The van der Waals surface area contributed by atoms with Gasteiger partial charge in [0.2, 0.25) is 5.95 Å². The minimum Gasteiger partial charge on any atom is -0.494 e. The molecular weight excluding hydrogens is 463 g/mol. The zero-order valence-corrected chi connectivity index (χ0v) is 21.8. The molecule has 0 spiro atoms. The van der Waals surface area contributed by atoms with E-state index in [1.54, 1.807) is 33.7 Å². The number of hydrogen-bond acceptors (Lipinski definition) is 9. The monoisotopic (exact) mass is 496 g/mol. The van der Waals surface area contributed by atoms with Crippen LogP contribution in [0.3, 0.4) is 0 Å². The Balaban J connectivity index is 1.59. The second-order valence-electron chi connectivity index (χ2n) is 8.90. The van der Waals surface area contributed by atoms with Crippen molar-refractivity contribution in [2.24, 2.45) is 0 Å². The summed E-state index contributed by atoms with van der Waals surface area (Å²) in [6, 6.07) is 13.6. The standard InChI is InChI=1S/C25H33N6O3P/c1-30-12-14-31(15-13-30)18-10-11-19(21(16-18)33-2)28-25-26-17-22(34-3)24(29-25)27-20-8-6-7-9-23(20)35(4,5)32/h6-11,16-17H,12-15H2,1-5H3,(H2,26,27,28,29). The maximum Gasteiger partial charge on any atom is 0.229 e. The van der Waals surface area contributed by atoms with Gasteiger partial charge in [0.25, 0.3) is 0 Å². The fraction of sp³-hybridized carbons (Fsp3) is 0.360. The Hall–Kier alpha value is -3.29. The highest BCUT2D eigenvalue weighted by atomic mass is 31.2. The van der Waals surface area contributed by atoms with Crippen molar-refractivity contribution in [2.75, 3.05) is 76.3 Å². The van der Waals surface area contributed by atoms with E-state index in [-0.39, 0.29) is 0 Å². The first-order valence-corrected chi connectivity index (χ1v) is 14.1. The Morgan fingerprint density at radius 3 is 2.31 bits per heavy atom. The van der Waals surface area contributed by atoms with Crippen molar-refractivity contribution in [3.63, 3.8) is 0 Å². The lowest BCUT2D eigenvalue weighted by atomic mass is 10.2. The molecule has 3 aromatic rings. The van der Waals surface area contributed by atoms with E-state index >= 15 is 0 Å². The summed E-state index contributed by atoms with van der Waals surface area (Å²) in [5, 5.41) is 7.28. The molecule has 2 aromatic carbocycles. The summed E-state index contributed by atoms with van der Waals surface area (Å²) in [5.74, 6) is 2.04. The molecule has 1 aliphatic heterocycles. The number of aromatic nitrogens is 2. The summed E-state index contributed by atoms with van der Waals surface area (Å²) in [6.07, 6.45) is 1.60. The molecular formula is C25H33N6O3P. The zero-order chi connectivity index (χ0) is 25.0. The lowest BCUT2D eigenvalue weighted by Crippen LogP contribution is -2.44. The van der Waals surface area contributed by atoms with Gasteiger partial charge in [0.15, 0.2) is 11.6 Å². The molecule has 0 aliphatic carbocycles. The predicted molar refractivity (Wildman–Crippen MR) is 143 cm³/mol. The number of hydrogen-bond donors (Lipinski definition) is 2. The van der Waals surface area contributed by atoms with Gasteiger partial charge in [-0.15, -0.1) is 0 Å². The summed E-state index contributed by atoms with van der Waals surface area (Å²) >= 11 is 0. The molecule has 1 saturated heterocycles. The molecule has 0 unspecified atom stereocenters. The summed E-state index contributed by atoms with van der Waals surface area (Å²) in [5.41, 5.74) is 2.60. The van der Waals surface area contributed by atoms with Crippen molar-refractivity contribution in [3.05, 3.63) is 48.7 Å². The third-order valence-electron chi connectivity index (χ3n) is 6.01. The highest BCUT2D eigenvalue weighted by molar-refractivity contribution is 7.70. The second kappa shape index (κ2) is 10.5. The largest absolute Gasteiger partial charge is 0.494 e. The van der Waals surface area contributed by atoms with Gasteiger partial charge >= 0.3 is 0 Å². The van der Waals surface area contributed by atoms with Gasteiger partial charge in [-0.3, -0.25) is 0 Å². The highest BCUT2D eigenvalue weighted by Gasteiger charge is 2.19. The molecule has 186 valence electrons. The number of likely N-dealkylation sites (N-methyl/N-ethyl adjacent to an activating group) is 1. The molecule has 4 rings (SSSR count). The third kappa shape index (κ3) is 5.86. The molecule has 1 aromatic heterocycles. The van der Waals surface area contributed by atoms with Gasteiger partial charge in [-0.2, -0.15) is 4.98 Å². The van der Waals surface area contributed by atoms with E-state index in [1.165, 1.54) is 0 Å². The molecule has 1 fully saturated rings. The Morgan fingerprint density at radius 1 is 0.914 bits per heavy atom. The number of nitrogens with zero attached hydrogens (tertiary/aromatic N) is 4. The van der Waals surface area contributed by atoms with Gasteiger partial charge in [0, 0.05) is 43.2 Å². The number of anilines is 5. The van der Waals surface area contributed by atoms with E-state index in [0.29, 0.717) is 23.3 Å². The molecule has 0 bridgehead atoms. The van der Waals surface area contributed by atoms with E-state index in [2.05, 4.69) is 43.5 Å². The summed E-state index contributed by atoms with van der Waals surface area (Å²) in [4.78, 5) is 13.7. The van der Waals surface area contributed by atoms with Crippen molar-refractivity contribution in [1.82, 2.24) is 14.9 Å². The number of methoxy groups -OCH3 is 2. The van der Waals surface area contributed by atoms with E-state index in [4.69, 9.17) is 9.47 Å². The average Bonchev–Trinajstić information content (AvgIpc) is 2.85. The van der Waals surface area contributed by atoms with Crippen molar-refractivity contribution < 1.29 is 14.0 Å². The Morgan fingerprint density at radius 2 is 1.63 bits per heavy atom. The molecule has 0 radical (unpaired) electrons. The van der Waals surface area contributed by atoms with Crippen molar-refractivity contribution in [1.29, 1.82) is 0 Å². The molecule has 2 heterocycles. The van der Waals surface area contributed by atoms with E-state index in [0.717, 1.165) is 48.5 Å². The number of piperazine rings is 1. The first-order chi connectivity index (χ1) is 16.8. The first kappa shape index (κ1) is 24.8. The first-order valence-electron chi connectivity index (χ1n) is 11.5. The Bertz CT molecular complexity index is 1220. The normalized spacial score (nSPS) is 14.5. The van der Waals surface area contributed by atoms with Crippen LogP contribution in [0.25, 0.3) is 0 Å². The van der Waals surface area contributed by atoms with Crippen molar-refractivity contribution >= 4 is 41.3 Å². The predicted octanol–water partition coefficient (Wildman–Crippen LogP) is 3.98.